The Labute approximate surface area is 103 Å². The molecule has 0 unspecified atom stereocenters. The van der Waals surface area contributed by atoms with Gasteiger partial charge in [-0.25, -0.2) is 0 Å². The maximum atomic E-state index is 12.0. The maximum Gasteiger partial charge on any atom is 0.251 e. The molecule has 1 rings (SSSR count). The molecule has 0 aliphatic carbocycles. The highest BCUT2D eigenvalue weighted by Crippen LogP contribution is 2.10. The van der Waals surface area contributed by atoms with Crippen LogP contribution in [0.3, 0.4) is 0 Å². The number of nitrogens with two attached hydrogens (primary N) is 1. The number of hydrogen-bond acceptors (Lipinski definition) is 2. The van der Waals surface area contributed by atoms with E-state index in [1.54, 1.807) is 0 Å². The van der Waals surface area contributed by atoms with E-state index in [1.807, 2.05) is 38.1 Å². The zero-order valence-corrected chi connectivity index (χ0v) is 10.9. The van der Waals surface area contributed by atoms with Crippen LogP contribution in [-0.4, -0.2) is 18.0 Å². The van der Waals surface area contributed by atoms with Crippen molar-refractivity contribution in [1.82, 2.24) is 5.32 Å². The number of amides is 1. The minimum absolute atomic E-state index is 0.0360. The summed E-state index contributed by atoms with van der Waals surface area (Å²) >= 11 is 0. The SMILES string of the molecule is CCc1ccc(C(=O)NC(C)(C)CCN)cc1. The van der Waals surface area contributed by atoms with Gasteiger partial charge in [0.25, 0.3) is 5.91 Å². The summed E-state index contributed by atoms with van der Waals surface area (Å²) in [6, 6.07) is 7.72. The first-order valence-electron chi connectivity index (χ1n) is 6.10. The lowest BCUT2D eigenvalue weighted by Crippen LogP contribution is -2.44. The van der Waals surface area contributed by atoms with Gasteiger partial charge in [-0.05, 0) is 50.9 Å². The predicted octanol–water partition coefficient (Wildman–Crippen LogP) is 2.11. The van der Waals surface area contributed by atoms with Crippen LogP contribution < -0.4 is 11.1 Å². The third kappa shape index (κ3) is 4.19. The summed E-state index contributed by atoms with van der Waals surface area (Å²) in [4.78, 5) is 12.0. The monoisotopic (exact) mass is 234 g/mol. The second kappa shape index (κ2) is 5.82. The van der Waals surface area contributed by atoms with Crippen molar-refractivity contribution in [3.63, 3.8) is 0 Å². The zero-order chi connectivity index (χ0) is 12.9. The van der Waals surface area contributed by atoms with Crippen LogP contribution in [-0.2, 0) is 6.42 Å². The van der Waals surface area contributed by atoms with Crippen molar-refractivity contribution < 1.29 is 4.79 Å². The molecule has 3 N–H and O–H groups in total. The molecular weight excluding hydrogens is 212 g/mol. The summed E-state index contributed by atoms with van der Waals surface area (Å²) in [5, 5.41) is 2.99. The van der Waals surface area contributed by atoms with Crippen LogP contribution in [0.2, 0.25) is 0 Å². The first-order valence-corrected chi connectivity index (χ1v) is 6.10. The van der Waals surface area contributed by atoms with Crippen molar-refractivity contribution in [2.45, 2.75) is 39.2 Å². The molecule has 94 valence electrons. The third-order valence-corrected chi connectivity index (χ3v) is 2.85. The fourth-order valence-corrected chi connectivity index (χ4v) is 1.69. The summed E-state index contributed by atoms with van der Waals surface area (Å²) in [5.74, 6) is -0.0360. The van der Waals surface area contributed by atoms with Gasteiger partial charge in [0, 0.05) is 11.1 Å². The number of aryl methyl sites for hydroxylation is 1. The smallest absolute Gasteiger partial charge is 0.251 e. The molecule has 1 amide bonds. The molecule has 0 radical (unpaired) electrons. The highest BCUT2D eigenvalue weighted by molar-refractivity contribution is 5.94. The molecule has 0 spiro atoms. The van der Waals surface area contributed by atoms with Crippen LogP contribution in [0.4, 0.5) is 0 Å². The number of nitrogens with one attached hydrogen (secondary N) is 1. The van der Waals surface area contributed by atoms with Crippen molar-refractivity contribution >= 4 is 5.91 Å². The molecule has 0 fully saturated rings. The van der Waals surface area contributed by atoms with Gasteiger partial charge in [0.05, 0.1) is 0 Å². The Kier molecular flexibility index (Phi) is 4.70. The number of carbonyl (C=O) groups is 1. The van der Waals surface area contributed by atoms with Gasteiger partial charge in [0.1, 0.15) is 0 Å². The molecule has 3 nitrogen and oxygen atoms in total. The van der Waals surface area contributed by atoms with E-state index in [0.717, 1.165) is 12.8 Å². The first-order chi connectivity index (χ1) is 7.98. The van der Waals surface area contributed by atoms with Crippen LogP contribution in [0, 0.1) is 0 Å². The fraction of sp³-hybridized carbons (Fsp3) is 0.500. The van der Waals surface area contributed by atoms with E-state index in [4.69, 9.17) is 5.73 Å². The number of rotatable bonds is 5. The van der Waals surface area contributed by atoms with Gasteiger partial charge in [-0.1, -0.05) is 19.1 Å². The van der Waals surface area contributed by atoms with E-state index in [-0.39, 0.29) is 11.4 Å². The molecule has 0 heterocycles. The van der Waals surface area contributed by atoms with Gasteiger partial charge in [-0.3, -0.25) is 4.79 Å². The van der Waals surface area contributed by atoms with E-state index in [2.05, 4.69) is 12.2 Å². The van der Waals surface area contributed by atoms with Gasteiger partial charge in [0.2, 0.25) is 0 Å². The highest BCUT2D eigenvalue weighted by Gasteiger charge is 2.19. The fourth-order valence-electron chi connectivity index (χ4n) is 1.69. The van der Waals surface area contributed by atoms with Gasteiger partial charge in [-0.2, -0.15) is 0 Å². The predicted molar refractivity (Wildman–Crippen MR) is 71.0 cm³/mol. The quantitative estimate of drug-likeness (QED) is 0.819. The molecule has 0 aliphatic rings. The van der Waals surface area contributed by atoms with Gasteiger partial charge in [-0.15, -0.1) is 0 Å². The second-order valence-electron chi connectivity index (χ2n) is 4.93. The highest BCUT2D eigenvalue weighted by atomic mass is 16.1. The molecular formula is C14H22N2O. The molecule has 0 saturated heterocycles. The standard InChI is InChI=1S/C14H22N2O/c1-4-11-5-7-12(8-6-11)13(17)16-14(2,3)9-10-15/h5-8H,4,9-10,15H2,1-3H3,(H,16,17). The normalized spacial score (nSPS) is 11.3. The molecule has 17 heavy (non-hydrogen) atoms. The second-order valence-corrected chi connectivity index (χ2v) is 4.93. The van der Waals surface area contributed by atoms with Crippen LogP contribution in [0.5, 0.6) is 0 Å². The molecule has 0 bridgehead atoms. The lowest BCUT2D eigenvalue weighted by atomic mass is 10.00. The van der Waals surface area contributed by atoms with Gasteiger partial charge < -0.3 is 11.1 Å². The summed E-state index contributed by atoms with van der Waals surface area (Å²) < 4.78 is 0. The van der Waals surface area contributed by atoms with E-state index < -0.39 is 0 Å². The molecule has 0 saturated carbocycles. The van der Waals surface area contributed by atoms with E-state index in [1.165, 1.54) is 5.56 Å². The Bertz CT molecular complexity index is 368. The molecule has 1 aromatic carbocycles. The van der Waals surface area contributed by atoms with Crippen molar-refractivity contribution in [3.8, 4) is 0 Å². The Hall–Kier alpha value is -1.35. The van der Waals surface area contributed by atoms with Gasteiger partial charge >= 0.3 is 0 Å². The zero-order valence-electron chi connectivity index (χ0n) is 10.9. The van der Waals surface area contributed by atoms with Crippen molar-refractivity contribution in [3.05, 3.63) is 35.4 Å². The van der Waals surface area contributed by atoms with Crippen LogP contribution in [0.1, 0.15) is 43.1 Å². The average Bonchev–Trinajstić information content (AvgIpc) is 2.28. The maximum absolute atomic E-state index is 12.0. The van der Waals surface area contributed by atoms with E-state index in [0.29, 0.717) is 12.1 Å². The molecule has 0 aliphatic heterocycles. The van der Waals surface area contributed by atoms with Crippen LogP contribution in [0.25, 0.3) is 0 Å². The Morgan fingerprint density at radius 2 is 1.88 bits per heavy atom. The Morgan fingerprint density at radius 3 is 2.35 bits per heavy atom. The number of benzene rings is 1. The van der Waals surface area contributed by atoms with Crippen molar-refractivity contribution in [2.24, 2.45) is 5.73 Å². The van der Waals surface area contributed by atoms with Gasteiger partial charge in [0.15, 0.2) is 0 Å². The van der Waals surface area contributed by atoms with E-state index >= 15 is 0 Å². The lowest BCUT2D eigenvalue weighted by molar-refractivity contribution is 0.0910. The summed E-state index contributed by atoms with van der Waals surface area (Å²) in [6.45, 7) is 6.64. The van der Waals surface area contributed by atoms with Crippen molar-refractivity contribution in [1.29, 1.82) is 0 Å². The van der Waals surface area contributed by atoms with Crippen LogP contribution >= 0.6 is 0 Å². The topological polar surface area (TPSA) is 55.1 Å². The number of hydrogen-bond donors (Lipinski definition) is 2. The number of carbonyl (C=O) groups excluding carboxylic acids is 1. The minimum atomic E-state index is -0.255. The van der Waals surface area contributed by atoms with Crippen LogP contribution in [0.15, 0.2) is 24.3 Å². The first kappa shape index (κ1) is 13.7. The van der Waals surface area contributed by atoms with E-state index in [9.17, 15) is 4.79 Å². The summed E-state index contributed by atoms with van der Waals surface area (Å²) in [5.41, 5.74) is 7.20. The Balaban J connectivity index is 2.69. The molecule has 0 aromatic heterocycles. The Morgan fingerprint density at radius 1 is 1.29 bits per heavy atom. The summed E-state index contributed by atoms with van der Waals surface area (Å²) in [6.07, 6.45) is 1.76. The lowest BCUT2D eigenvalue weighted by Gasteiger charge is -2.25. The molecule has 1 aromatic rings. The minimum Gasteiger partial charge on any atom is -0.347 e. The largest absolute Gasteiger partial charge is 0.347 e. The average molecular weight is 234 g/mol. The summed E-state index contributed by atoms with van der Waals surface area (Å²) in [7, 11) is 0. The molecule has 0 atom stereocenters. The third-order valence-electron chi connectivity index (χ3n) is 2.85. The molecule has 3 heteroatoms. The van der Waals surface area contributed by atoms with Crippen molar-refractivity contribution in [2.75, 3.05) is 6.54 Å².